The summed E-state index contributed by atoms with van der Waals surface area (Å²) in [6.07, 6.45) is 3.32. The summed E-state index contributed by atoms with van der Waals surface area (Å²) in [5, 5.41) is 8.65. The van der Waals surface area contributed by atoms with Crippen molar-refractivity contribution < 1.29 is 24.5 Å². The third-order valence-electron chi connectivity index (χ3n) is 0.429. The van der Waals surface area contributed by atoms with Crippen molar-refractivity contribution in [2.45, 2.75) is 0 Å². The van der Waals surface area contributed by atoms with E-state index in [1.54, 1.807) is 12.2 Å². The standard InChI is InChI=1S/C5H4BrO.W/c1-2-3-5(7)4-6;/h1-3,7H;/q-1;/b3-2-;. The van der Waals surface area contributed by atoms with E-state index < -0.39 is 0 Å². The average molecular weight is 344 g/mol. The zero-order valence-corrected chi connectivity index (χ0v) is 8.48. The fourth-order valence-corrected chi connectivity index (χ4v) is 0.576. The molecule has 44 valence electrons. The first kappa shape index (κ1) is 8.32. The van der Waals surface area contributed by atoms with Crippen LogP contribution in [0.25, 0.3) is 0 Å². The fourth-order valence-electron chi connectivity index (χ4n) is 0.162. The van der Waals surface area contributed by atoms with E-state index in [0.29, 0.717) is 0 Å². The minimum atomic E-state index is 0.113. The minimum absolute atomic E-state index is 0.113. The summed E-state index contributed by atoms with van der Waals surface area (Å²) in [4.78, 5) is 2.39. The van der Waals surface area contributed by atoms with Crippen molar-refractivity contribution in [1.29, 1.82) is 0 Å². The van der Waals surface area contributed by atoms with Gasteiger partial charge < -0.3 is 0 Å². The number of hydrogen-bond acceptors (Lipinski definition) is 1. The molecule has 0 aliphatic heterocycles. The molecule has 3 heteroatoms. The molecule has 0 fully saturated rings. The zero-order chi connectivity index (χ0) is 6.41. The Balaban J connectivity index is 3.69. The van der Waals surface area contributed by atoms with E-state index in [0.717, 1.165) is 0 Å². The van der Waals surface area contributed by atoms with E-state index in [9.17, 15) is 0 Å². The maximum atomic E-state index is 8.65. The summed E-state index contributed by atoms with van der Waals surface area (Å²) in [7, 11) is 0. The summed E-state index contributed by atoms with van der Waals surface area (Å²) in [5.41, 5.74) is 0. The van der Waals surface area contributed by atoms with Crippen LogP contribution in [0, 0.1) is 4.99 Å². The van der Waals surface area contributed by atoms with Crippen molar-refractivity contribution in [3.63, 3.8) is 0 Å². The maximum absolute atomic E-state index is 8.65. The van der Waals surface area contributed by atoms with Crippen LogP contribution in [0.5, 0.6) is 0 Å². The Morgan fingerprint density at radius 1 is 1.75 bits per heavy atom. The topological polar surface area (TPSA) is 20.2 Å². The van der Waals surface area contributed by atoms with Gasteiger partial charge in [0.15, 0.2) is 0 Å². The predicted octanol–water partition coefficient (Wildman–Crippen LogP) is 1.49. The Bertz CT molecular complexity index is 128. The van der Waals surface area contributed by atoms with Gasteiger partial charge in [-0.1, -0.05) is 0 Å². The summed E-state index contributed by atoms with van der Waals surface area (Å²) >= 11 is 4.21. The van der Waals surface area contributed by atoms with Crippen molar-refractivity contribution >= 4 is 20.3 Å². The Morgan fingerprint density at radius 3 is 2.75 bits per heavy atom. The molecule has 0 aromatic rings. The van der Waals surface area contributed by atoms with Gasteiger partial charge in [-0.3, -0.25) is 0 Å². The van der Waals surface area contributed by atoms with Crippen LogP contribution in [0.15, 0.2) is 17.9 Å². The molecule has 0 aromatic carbocycles. The van der Waals surface area contributed by atoms with Crippen molar-refractivity contribution in [2.24, 2.45) is 0 Å². The molecule has 0 amide bonds. The molecule has 1 N–H and O–H groups in total. The number of rotatable bonds is 2. The van der Waals surface area contributed by atoms with Crippen LogP contribution in [-0.2, 0) is 19.4 Å². The third-order valence-corrected chi connectivity index (χ3v) is 1.40. The van der Waals surface area contributed by atoms with Crippen LogP contribution in [0.1, 0.15) is 0 Å². The van der Waals surface area contributed by atoms with E-state index in [2.05, 4.69) is 20.9 Å². The molecule has 0 heterocycles. The number of aliphatic hydroxyl groups is 1. The number of hydrogen-bond donors (Lipinski definition) is 1. The quantitative estimate of drug-likeness (QED) is 0.457. The summed E-state index contributed by atoms with van der Waals surface area (Å²) in [5.74, 6) is 0.113. The molecule has 0 rings (SSSR count). The van der Waals surface area contributed by atoms with Gasteiger partial charge in [-0.2, -0.15) is 0 Å². The van der Waals surface area contributed by atoms with Crippen LogP contribution in [0.3, 0.4) is 0 Å². The van der Waals surface area contributed by atoms with Crippen molar-refractivity contribution in [1.82, 2.24) is 0 Å². The average Bonchev–Trinajstić information content (AvgIpc) is 1.83. The first-order chi connectivity index (χ1) is 3.81. The molecule has 0 aliphatic rings. The molecule has 0 saturated heterocycles. The second kappa shape index (κ2) is 5.45. The second-order valence-corrected chi connectivity index (χ2v) is 2.35. The van der Waals surface area contributed by atoms with Crippen molar-refractivity contribution in [2.75, 3.05) is 0 Å². The molecule has 1 nitrogen and oxygen atoms in total. The molecule has 0 unspecified atom stereocenters. The normalized spacial score (nSPS) is 12.4. The monoisotopic (exact) mass is 343 g/mol. The molecule has 0 saturated carbocycles. The Morgan fingerprint density at radius 2 is 2.38 bits per heavy atom. The van der Waals surface area contributed by atoms with Crippen molar-refractivity contribution in [3.8, 4) is 0 Å². The number of halogens is 1. The van der Waals surface area contributed by atoms with Gasteiger partial charge in [-0.05, 0) is 0 Å². The van der Waals surface area contributed by atoms with E-state index >= 15 is 0 Å². The molecule has 0 aliphatic carbocycles. The van der Waals surface area contributed by atoms with Gasteiger partial charge in [-0.15, -0.1) is 0 Å². The first-order valence-electron chi connectivity index (χ1n) is 1.85. The van der Waals surface area contributed by atoms with E-state index in [1.165, 1.54) is 19.4 Å². The molecule has 0 radical (unpaired) electrons. The van der Waals surface area contributed by atoms with Gasteiger partial charge in [0.25, 0.3) is 0 Å². The fraction of sp³-hybridized carbons (Fsp3) is 0. The van der Waals surface area contributed by atoms with Gasteiger partial charge in [0.05, 0.1) is 0 Å². The van der Waals surface area contributed by atoms with E-state index in [-0.39, 0.29) is 5.76 Å². The molecule has 8 heavy (non-hydrogen) atoms. The van der Waals surface area contributed by atoms with Gasteiger partial charge >= 0.3 is 67.7 Å². The number of aliphatic hydroxyl groups excluding tert-OH is 1. The van der Waals surface area contributed by atoms with Gasteiger partial charge in [0.2, 0.25) is 0 Å². The van der Waals surface area contributed by atoms with Crippen LogP contribution >= 0.6 is 15.9 Å². The van der Waals surface area contributed by atoms with Crippen LogP contribution in [0.4, 0.5) is 0 Å². The Hall–Kier alpha value is 0.318. The molecule has 0 atom stereocenters. The SMILES string of the molecule is OC(=[C-]Br)/C=C\[CH]=[W]. The van der Waals surface area contributed by atoms with Gasteiger partial charge in [-0.25, -0.2) is 0 Å². The Labute approximate surface area is 67.6 Å². The van der Waals surface area contributed by atoms with E-state index in [1.807, 2.05) is 4.40 Å². The van der Waals surface area contributed by atoms with Crippen molar-refractivity contribution in [3.05, 3.63) is 22.9 Å². The zero-order valence-electron chi connectivity index (χ0n) is 3.97. The third kappa shape index (κ3) is 4.48. The molecule has 0 bridgehead atoms. The van der Waals surface area contributed by atoms with Gasteiger partial charge in [0.1, 0.15) is 0 Å². The molecular formula is C5H4BrOW-. The predicted molar refractivity (Wildman–Crippen MR) is 33.5 cm³/mol. The number of allylic oxidation sites excluding steroid dienone is 2. The van der Waals surface area contributed by atoms with Crippen LogP contribution in [0.2, 0.25) is 0 Å². The summed E-state index contributed by atoms with van der Waals surface area (Å²) in [6, 6.07) is 0. The summed E-state index contributed by atoms with van der Waals surface area (Å²) in [6.45, 7) is 0. The molecule has 0 aromatic heterocycles. The first-order valence-corrected chi connectivity index (χ1v) is 4.34. The summed E-state index contributed by atoms with van der Waals surface area (Å²) < 4.78 is 1.90. The molecular weight excluding hydrogens is 340 g/mol. The molecule has 0 spiro atoms. The van der Waals surface area contributed by atoms with Crippen LogP contribution < -0.4 is 0 Å². The Kier molecular flexibility index (Phi) is 5.67. The second-order valence-electron chi connectivity index (χ2n) is 0.975. The van der Waals surface area contributed by atoms with Gasteiger partial charge in [0, 0.05) is 0 Å². The van der Waals surface area contributed by atoms with E-state index in [4.69, 9.17) is 5.11 Å². The van der Waals surface area contributed by atoms with Crippen LogP contribution in [-0.4, -0.2) is 9.51 Å².